The summed E-state index contributed by atoms with van der Waals surface area (Å²) < 4.78 is 45.7. The van der Waals surface area contributed by atoms with Gasteiger partial charge in [-0.2, -0.15) is 13.2 Å². The molecule has 1 amide bonds. The van der Waals surface area contributed by atoms with E-state index in [0.29, 0.717) is 31.8 Å². The van der Waals surface area contributed by atoms with Gasteiger partial charge in [0.25, 0.3) is 0 Å². The van der Waals surface area contributed by atoms with Crippen molar-refractivity contribution in [3.63, 3.8) is 0 Å². The van der Waals surface area contributed by atoms with E-state index in [1.54, 1.807) is 6.07 Å². The number of anilines is 1. The second-order valence-electron chi connectivity index (χ2n) is 10.4. The molecule has 0 saturated carbocycles. The normalized spacial score (nSPS) is 18.2. The predicted octanol–water partition coefficient (Wildman–Crippen LogP) is 5.80. The van der Waals surface area contributed by atoms with E-state index in [-0.39, 0.29) is 23.6 Å². The molecule has 8 heteroatoms. The third-order valence-corrected chi connectivity index (χ3v) is 7.54. The monoisotopic (exact) mass is 517 g/mol. The average molecular weight is 518 g/mol. The van der Waals surface area contributed by atoms with Gasteiger partial charge < -0.3 is 19.9 Å². The van der Waals surface area contributed by atoms with Gasteiger partial charge in [0.05, 0.1) is 18.3 Å². The highest BCUT2D eigenvalue weighted by Crippen LogP contribution is 2.34. The van der Waals surface area contributed by atoms with Crippen molar-refractivity contribution in [3.8, 4) is 0 Å². The number of halogens is 3. The molecule has 2 fully saturated rings. The lowest BCUT2D eigenvalue weighted by molar-refractivity contribution is -0.138. The fraction of sp³-hybridized carbons (Fsp3) is 0.552. The molecule has 2 aromatic carbocycles. The van der Waals surface area contributed by atoms with E-state index >= 15 is 0 Å². The van der Waals surface area contributed by atoms with Gasteiger partial charge in [0.15, 0.2) is 0 Å². The molecule has 5 nitrogen and oxygen atoms in total. The molecule has 202 valence electrons. The first-order valence-corrected chi connectivity index (χ1v) is 13.3. The van der Waals surface area contributed by atoms with Gasteiger partial charge in [-0.05, 0) is 62.8 Å². The maximum absolute atomic E-state index is 13.2. The molecule has 0 atom stereocenters. The number of aryl methyl sites for hydroxylation is 2. The first kappa shape index (κ1) is 27.5. The Morgan fingerprint density at radius 3 is 2.30 bits per heavy atom. The van der Waals surface area contributed by atoms with Crippen LogP contribution in [0.5, 0.6) is 0 Å². The second kappa shape index (κ2) is 12.3. The van der Waals surface area contributed by atoms with Crippen LogP contribution < -0.4 is 5.32 Å². The fourth-order valence-corrected chi connectivity index (χ4v) is 5.14. The van der Waals surface area contributed by atoms with Crippen molar-refractivity contribution >= 4 is 11.6 Å². The van der Waals surface area contributed by atoms with Gasteiger partial charge in [-0.25, -0.2) is 0 Å². The third-order valence-electron chi connectivity index (χ3n) is 7.54. The Balaban J connectivity index is 1.13. The van der Waals surface area contributed by atoms with E-state index in [0.717, 1.165) is 45.3 Å². The van der Waals surface area contributed by atoms with E-state index in [9.17, 15) is 18.0 Å². The van der Waals surface area contributed by atoms with Gasteiger partial charge in [0, 0.05) is 50.9 Å². The van der Waals surface area contributed by atoms with Crippen molar-refractivity contribution in [2.75, 3.05) is 38.0 Å². The quantitative estimate of drug-likeness (QED) is 0.481. The molecule has 0 aromatic heterocycles. The van der Waals surface area contributed by atoms with Gasteiger partial charge in [-0.3, -0.25) is 4.79 Å². The number of carbonyl (C=O) groups excluding carboxylic acids is 1. The van der Waals surface area contributed by atoms with Crippen molar-refractivity contribution in [1.82, 2.24) is 9.80 Å². The van der Waals surface area contributed by atoms with Crippen LogP contribution in [0.3, 0.4) is 0 Å². The molecule has 1 N–H and O–H groups in total. The zero-order valence-electron chi connectivity index (χ0n) is 21.8. The van der Waals surface area contributed by atoms with Crippen LogP contribution in [-0.2, 0) is 22.3 Å². The van der Waals surface area contributed by atoms with Gasteiger partial charge in [0.1, 0.15) is 0 Å². The summed E-state index contributed by atoms with van der Waals surface area (Å²) in [6, 6.07) is 12.9. The van der Waals surface area contributed by atoms with Crippen LogP contribution in [0.25, 0.3) is 0 Å². The van der Waals surface area contributed by atoms with E-state index in [4.69, 9.17) is 4.74 Å². The first-order valence-electron chi connectivity index (χ1n) is 13.3. The molecule has 2 saturated heterocycles. The number of ether oxygens (including phenoxy) is 1. The van der Waals surface area contributed by atoms with E-state index in [1.165, 1.54) is 30.2 Å². The number of nitrogens with zero attached hydrogens (tertiary/aromatic N) is 2. The zero-order chi connectivity index (χ0) is 26.4. The highest BCUT2D eigenvalue weighted by atomic mass is 19.4. The SMILES string of the molecule is Cc1ccc(COC2CCN(CCC(=O)N3CCC(Nc4ccc(C)c(C(F)(F)F)c4)CC3)CC2)cc1. The van der Waals surface area contributed by atoms with Crippen molar-refractivity contribution < 1.29 is 22.7 Å². The topological polar surface area (TPSA) is 44.8 Å². The molecule has 0 aliphatic carbocycles. The summed E-state index contributed by atoms with van der Waals surface area (Å²) in [7, 11) is 0. The number of rotatable bonds is 8. The summed E-state index contributed by atoms with van der Waals surface area (Å²) in [5.74, 6) is 0.158. The Hall–Kier alpha value is -2.58. The van der Waals surface area contributed by atoms with Crippen LogP contribution in [-0.4, -0.2) is 60.6 Å². The summed E-state index contributed by atoms with van der Waals surface area (Å²) in [4.78, 5) is 17.0. The van der Waals surface area contributed by atoms with Crippen molar-refractivity contribution in [1.29, 1.82) is 0 Å². The molecule has 2 aliphatic heterocycles. The smallest absolute Gasteiger partial charge is 0.382 e. The van der Waals surface area contributed by atoms with Gasteiger partial charge in [0.2, 0.25) is 5.91 Å². The number of alkyl halides is 3. The minimum absolute atomic E-state index is 0.0618. The highest BCUT2D eigenvalue weighted by molar-refractivity contribution is 5.76. The number of amides is 1. The number of benzene rings is 2. The van der Waals surface area contributed by atoms with Crippen molar-refractivity contribution in [2.45, 2.75) is 70.9 Å². The molecule has 2 heterocycles. The van der Waals surface area contributed by atoms with Crippen LogP contribution in [0.1, 0.15) is 54.4 Å². The van der Waals surface area contributed by atoms with Gasteiger partial charge in [-0.15, -0.1) is 0 Å². The molecule has 2 aromatic rings. The third kappa shape index (κ3) is 7.95. The summed E-state index contributed by atoms with van der Waals surface area (Å²) in [6.07, 6.45) is -0.185. The van der Waals surface area contributed by atoms with Crippen LogP contribution in [0.2, 0.25) is 0 Å². The lowest BCUT2D eigenvalue weighted by Crippen LogP contribution is -2.44. The molecule has 2 aliphatic rings. The summed E-state index contributed by atoms with van der Waals surface area (Å²) >= 11 is 0. The lowest BCUT2D eigenvalue weighted by atomic mass is 10.0. The lowest BCUT2D eigenvalue weighted by Gasteiger charge is -2.35. The fourth-order valence-electron chi connectivity index (χ4n) is 5.14. The predicted molar refractivity (Wildman–Crippen MR) is 139 cm³/mol. The summed E-state index contributed by atoms with van der Waals surface area (Å²) in [5, 5.41) is 3.23. The van der Waals surface area contributed by atoms with Crippen LogP contribution in [0, 0.1) is 13.8 Å². The largest absolute Gasteiger partial charge is 0.416 e. The maximum atomic E-state index is 13.2. The number of nitrogens with one attached hydrogen (secondary N) is 1. The first-order chi connectivity index (χ1) is 17.7. The minimum atomic E-state index is -4.36. The number of carbonyl (C=O) groups is 1. The molecule has 0 spiro atoms. The Kier molecular flexibility index (Phi) is 9.13. The standard InChI is InChI=1S/C29H38F3N3O2/c1-21-3-6-23(7-4-21)20-37-26-11-14-34(15-12-26)16-13-28(36)35-17-9-24(10-18-35)33-25-8-5-22(2)27(19-25)29(30,31)32/h3-8,19,24,26,33H,9-18,20H2,1-2H3. The van der Waals surface area contributed by atoms with E-state index < -0.39 is 11.7 Å². The molecule has 4 rings (SSSR count). The molecular formula is C29H38F3N3O2. The molecule has 37 heavy (non-hydrogen) atoms. The molecular weight excluding hydrogens is 479 g/mol. The number of hydrogen-bond acceptors (Lipinski definition) is 4. The van der Waals surface area contributed by atoms with E-state index in [2.05, 4.69) is 41.4 Å². The van der Waals surface area contributed by atoms with Gasteiger partial charge >= 0.3 is 6.18 Å². The van der Waals surface area contributed by atoms with Crippen LogP contribution >= 0.6 is 0 Å². The van der Waals surface area contributed by atoms with Gasteiger partial charge in [-0.1, -0.05) is 35.9 Å². The number of hydrogen-bond donors (Lipinski definition) is 1. The highest BCUT2D eigenvalue weighted by Gasteiger charge is 2.33. The Morgan fingerprint density at radius 1 is 0.973 bits per heavy atom. The zero-order valence-corrected chi connectivity index (χ0v) is 21.8. The number of piperidine rings is 2. The summed E-state index contributed by atoms with van der Waals surface area (Å²) in [5.41, 5.74) is 2.54. The van der Waals surface area contributed by atoms with Crippen LogP contribution in [0.4, 0.5) is 18.9 Å². The van der Waals surface area contributed by atoms with Crippen molar-refractivity contribution in [2.24, 2.45) is 0 Å². The average Bonchev–Trinajstić information content (AvgIpc) is 2.88. The van der Waals surface area contributed by atoms with Crippen LogP contribution in [0.15, 0.2) is 42.5 Å². The number of likely N-dealkylation sites (tertiary alicyclic amines) is 2. The molecule has 0 bridgehead atoms. The summed E-state index contributed by atoms with van der Waals surface area (Å²) in [6.45, 7) is 8.08. The molecule has 0 unspecified atom stereocenters. The minimum Gasteiger partial charge on any atom is -0.382 e. The second-order valence-corrected chi connectivity index (χ2v) is 10.4. The Bertz CT molecular complexity index is 1030. The molecule has 0 radical (unpaired) electrons. The van der Waals surface area contributed by atoms with E-state index in [1.807, 2.05) is 4.90 Å². The Morgan fingerprint density at radius 2 is 1.65 bits per heavy atom. The Labute approximate surface area is 218 Å². The maximum Gasteiger partial charge on any atom is 0.416 e. The van der Waals surface area contributed by atoms with Crippen molar-refractivity contribution in [3.05, 3.63) is 64.7 Å².